The highest BCUT2D eigenvalue weighted by Gasteiger charge is 2.36. The van der Waals surface area contributed by atoms with Crippen molar-refractivity contribution < 1.29 is 15.0 Å². The molecule has 1 aromatic carbocycles. The van der Waals surface area contributed by atoms with Crippen LogP contribution < -0.4 is 0 Å². The molecule has 2 saturated heterocycles. The molecular weight excluding hydrogens is 304 g/mol. The minimum absolute atomic E-state index is 0.00214. The molecule has 5 nitrogen and oxygen atoms in total. The third-order valence-corrected chi connectivity index (χ3v) is 5.48. The number of aliphatic hydroxyl groups excluding tert-OH is 1. The minimum atomic E-state index is -0.00214. The Bertz CT molecular complexity index is 584. The Morgan fingerprint density at radius 3 is 2.54 bits per heavy atom. The Morgan fingerprint density at radius 1 is 1.17 bits per heavy atom. The second-order valence-corrected chi connectivity index (χ2v) is 7.28. The number of piperidine rings is 1. The normalized spacial score (nSPS) is 25.2. The average Bonchev–Trinajstić information content (AvgIpc) is 3.00. The van der Waals surface area contributed by atoms with Crippen molar-refractivity contribution >= 4 is 5.91 Å². The van der Waals surface area contributed by atoms with Crippen LogP contribution in [-0.4, -0.2) is 65.3 Å². The van der Waals surface area contributed by atoms with Gasteiger partial charge < -0.3 is 20.0 Å². The van der Waals surface area contributed by atoms with E-state index in [4.69, 9.17) is 0 Å². The fourth-order valence-electron chi connectivity index (χ4n) is 3.96. The van der Waals surface area contributed by atoms with Crippen LogP contribution in [-0.2, 0) is 0 Å². The monoisotopic (exact) mass is 332 g/mol. The van der Waals surface area contributed by atoms with Gasteiger partial charge in [0, 0.05) is 37.7 Å². The Morgan fingerprint density at radius 2 is 1.88 bits per heavy atom. The van der Waals surface area contributed by atoms with Gasteiger partial charge in [-0.15, -0.1) is 0 Å². The summed E-state index contributed by atoms with van der Waals surface area (Å²) in [6.45, 7) is 6.51. The molecule has 0 unspecified atom stereocenters. The van der Waals surface area contributed by atoms with Crippen LogP contribution in [0.25, 0.3) is 0 Å². The standard InChI is InChI=1S/C19H28N2O3/c1-14-9-15(5-6-18(14)23)19(24)21-11-16(17(12-21)13-22)10-20-7-3-2-4-8-20/h5-6,9,16-17,22-23H,2-4,7-8,10-13H2,1H3/t16-,17-/m0/s1. The predicted molar refractivity (Wildman–Crippen MR) is 93.1 cm³/mol. The van der Waals surface area contributed by atoms with E-state index in [2.05, 4.69) is 4.90 Å². The average molecular weight is 332 g/mol. The Balaban J connectivity index is 1.66. The first-order valence-corrected chi connectivity index (χ1v) is 9.00. The van der Waals surface area contributed by atoms with Gasteiger partial charge in [0.2, 0.25) is 0 Å². The smallest absolute Gasteiger partial charge is 0.253 e. The summed E-state index contributed by atoms with van der Waals surface area (Å²) in [5, 5.41) is 19.4. The molecule has 0 aliphatic carbocycles. The maximum Gasteiger partial charge on any atom is 0.253 e. The number of aliphatic hydroxyl groups is 1. The molecule has 1 amide bonds. The lowest BCUT2D eigenvalue weighted by molar-refractivity contribution is 0.0778. The van der Waals surface area contributed by atoms with Crippen LogP contribution >= 0.6 is 0 Å². The quantitative estimate of drug-likeness (QED) is 0.883. The van der Waals surface area contributed by atoms with E-state index in [0.29, 0.717) is 30.1 Å². The van der Waals surface area contributed by atoms with Gasteiger partial charge in [-0.3, -0.25) is 4.79 Å². The number of phenols is 1. The maximum atomic E-state index is 12.8. The highest BCUT2D eigenvalue weighted by atomic mass is 16.3. The fourth-order valence-corrected chi connectivity index (χ4v) is 3.96. The number of hydrogen-bond acceptors (Lipinski definition) is 4. The molecule has 1 aromatic rings. The van der Waals surface area contributed by atoms with Gasteiger partial charge >= 0.3 is 0 Å². The molecule has 132 valence electrons. The molecule has 2 aliphatic rings. The maximum absolute atomic E-state index is 12.8. The third kappa shape index (κ3) is 3.73. The van der Waals surface area contributed by atoms with E-state index in [0.717, 1.165) is 19.6 Å². The van der Waals surface area contributed by atoms with Crippen molar-refractivity contribution in [3.8, 4) is 5.75 Å². The molecule has 3 rings (SSSR count). The number of benzene rings is 1. The molecule has 2 fully saturated rings. The molecule has 0 radical (unpaired) electrons. The number of amides is 1. The molecule has 24 heavy (non-hydrogen) atoms. The first-order chi connectivity index (χ1) is 11.6. The second-order valence-electron chi connectivity index (χ2n) is 7.28. The molecule has 2 N–H and O–H groups in total. The predicted octanol–water partition coefficient (Wildman–Crippen LogP) is 1.87. The molecule has 0 bridgehead atoms. The van der Waals surface area contributed by atoms with Crippen LogP contribution in [0.2, 0.25) is 0 Å². The number of hydrogen-bond donors (Lipinski definition) is 2. The largest absolute Gasteiger partial charge is 0.508 e. The van der Waals surface area contributed by atoms with Gasteiger partial charge in [-0.2, -0.15) is 0 Å². The lowest BCUT2D eigenvalue weighted by Gasteiger charge is -2.30. The number of carbonyl (C=O) groups excluding carboxylic acids is 1. The van der Waals surface area contributed by atoms with Crippen molar-refractivity contribution in [1.29, 1.82) is 0 Å². The van der Waals surface area contributed by atoms with Crippen LogP contribution in [0.4, 0.5) is 0 Å². The van der Waals surface area contributed by atoms with E-state index in [1.54, 1.807) is 25.1 Å². The lowest BCUT2D eigenvalue weighted by Crippen LogP contribution is -2.37. The van der Waals surface area contributed by atoms with Crippen LogP contribution in [0.1, 0.15) is 35.2 Å². The summed E-state index contributed by atoms with van der Waals surface area (Å²) in [4.78, 5) is 17.1. The number of rotatable bonds is 4. The molecule has 5 heteroatoms. The summed E-state index contributed by atoms with van der Waals surface area (Å²) in [6.07, 6.45) is 3.83. The van der Waals surface area contributed by atoms with Crippen LogP contribution in [0, 0.1) is 18.8 Å². The molecule has 2 heterocycles. The number of aromatic hydroxyl groups is 1. The van der Waals surface area contributed by atoms with Gasteiger partial charge in [-0.05, 0) is 62.5 Å². The van der Waals surface area contributed by atoms with Crippen LogP contribution in [0.15, 0.2) is 18.2 Å². The molecule has 0 saturated carbocycles. The Hall–Kier alpha value is -1.59. The Labute approximate surface area is 143 Å². The van der Waals surface area contributed by atoms with E-state index in [1.165, 1.54) is 19.3 Å². The van der Waals surface area contributed by atoms with Gasteiger partial charge in [0.1, 0.15) is 5.75 Å². The highest BCUT2D eigenvalue weighted by molar-refractivity contribution is 5.94. The zero-order chi connectivity index (χ0) is 17.1. The number of phenolic OH excluding ortho intramolecular Hbond substituents is 1. The van der Waals surface area contributed by atoms with Gasteiger partial charge in [-0.25, -0.2) is 0 Å². The topological polar surface area (TPSA) is 64.0 Å². The fraction of sp³-hybridized carbons (Fsp3) is 0.632. The van der Waals surface area contributed by atoms with Crippen molar-refractivity contribution in [2.45, 2.75) is 26.2 Å². The summed E-state index contributed by atoms with van der Waals surface area (Å²) in [7, 11) is 0. The van der Waals surface area contributed by atoms with Gasteiger partial charge in [0.15, 0.2) is 0 Å². The summed E-state index contributed by atoms with van der Waals surface area (Å²) >= 11 is 0. The summed E-state index contributed by atoms with van der Waals surface area (Å²) in [5.41, 5.74) is 1.32. The number of aryl methyl sites for hydroxylation is 1. The van der Waals surface area contributed by atoms with Crippen molar-refractivity contribution in [3.63, 3.8) is 0 Å². The zero-order valence-electron chi connectivity index (χ0n) is 14.4. The van der Waals surface area contributed by atoms with Gasteiger partial charge in [0.25, 0.3) is 5.91 Å². The number of likely N-dealkylation sites (tertiary alicyclic amines) is 2. The van der Waals surface area contributed by atoms with Crippen molar-refractivity contribution in [3.05, 3.63) is 29.3 Å². The molecule has 2 aliphatic heterocycles. The van der Waals surface area contributed by atoms with Crippen LogP contribution in [0.3, 0.4) is 0 Å². The van der Waals surface area contributed by atoms with Crippen molar-refractivity contribution in [2.24, 2.45) is 11.8 Å². The molecule has 0 spiro atoms. The van der Waals surface area contributed by atoms with Crippen molar-refractivity contribution in [2.75, 3.05) is 39.3 Å². The minimum Gasteiger partial charge on any atom is -0.508 e. The van der Waals surface area contributed by atoms with E-state index in [9.17, 15) is 15.0 Å². The number of nitrogens with zero attached hydrogens (tertiary/aromatic N) is 2. The molecular formula is C19H28N2O3. The van der Waals surface area contributed by atoms with E-state index in [-0.39, 0.29) is 24.2 Å². The summed E-state index contributed by atoms with van der Waals surface area (Å²) in [6, 6.07) is 4.99. The second kappa shape index (κ2) is 7.53. The van der Waals surface area contributed by atoms with E-state index < -0.39 is 0 Å². The first-order valence-electron chi connectivity index (χ1n) is 9.00. The molecule has 0 aromatic heterocycles. The molecule has 2 atom stereocenters. The summed E-state index contributed by atoms with van der Waals surface area (Å²) in [5.74, 6) is 0.714. The number of carbonyl (C=O) groups is 1. The van der Waals surface area contributed by atoms with Crippen LogP contribution in [0.5, 0.6) is 5.75 Å². The SMILES string of the molecule is Cc1cc(C(=O)N2C[C@@H](CO)[C@@H](CN3CCCCC3)C2)ccc1O. The summed E-state index contributed by atoms with van der Waals surface area (Å²) < 4.78 is 0. The van der Waals surface area contributed by atoms with Gasteiger partial charge in [0.05, 0.1) is 0 Å². The van der Waals surface area contributed by atoms with E-state index >= 15 is 0 Å². The van der Waals surface area contributed by atoms with Gasteiger partial charge in [-0.1, -0.05) is 6.42 Å². The zero-order valence-corrected chi connectivity index (χ0v) is 14.4. The third-order valence-electron chi connectivity index (χ3n) is 5.48. The van der Waals surface area contributed by atoms with Crippen molar-refractivity contribution in [1.82, 2.24) is 9.80 Å². The first kappa shape index (κ1) is 17.2. The highest BCUT2D eigenvalue weighted by Crippen LogP contribution is 2.27. The van der Waals surface area contributed by atoms with E-state index in [1.807, 2.05) is 4.90 Å². The lowest BCUT2D eigenvalue weighted by atomic mass is 9.95. The Kier molecular flexibility index (Phi) is 5.41.